The summed E-state index contributed by atoms with van der Waals surface area (Å²) in [5.41, 5.74) is 1.36. The number of thiophene rings is 1. The van der Waals surface area contributed by atoms with E-state index in [1.165, 1.54) is 10.4 Å². The summed E-state index contributed by atoms with van der Waals surface area (Å²) in [4.78, 5) is 1.47. The molecule has 0 saturated carbocycles. The van der Waals surface area contributed by atoms with Crippen molar-refractivity contribution >= 4 is 27.3 Å². The standard InChI is InChI=1S/C11H10BrNOS/c12-8-2-5-14-11(8)10-7-3-6-15-9(7)1-4-13-10/h2-3,5-6,10,13H,1,4H2. The van der Waals surface area contributed by atoms with Gasteiger partial charge in [0, 0.05) is 11.4 Å². The Hall–Kier alpha value is -0.580. The van der Waals surface area contributed by atoms with Crippen molar-refractivity contribution in [1.29, 1.82) is 0 Å². The topological polar surface area (TPSA) is 25.2 Å². The first kappa shape index (κ1) is 9.63. The van der Waals surface area contributed by atoms with Crippen LogP contribution >= 0.6 is 27.3 Å². The average Bonchev–Trinajstić information content (AvgIpc) is 2.85. The van der Waals surface area contributed by atoms with Crippen LogP contribution in [0.4, 0.5) is 0 Å². The van der Waals surface area contributed by atoms with Crippen molar-refractivity contribution in [3.8, 4) is 0 Å². The Morgan fingerprint density at radius 1 is 1.47 bits per heavy atom. The van der Waals surface area contributed by atoms with Crippen LogP contribution in [0.1, 0.15) is 22.2 Å². The summed E-state index contributed by atoms with van der Waals surface area (Å²) in [5, 5.41) is 5.64. The predicted octanol–water partition coefficient (Wildman–Crippen LogP) is 3.34. The zero-order chi connectivity index (χ0) is 10.3. The molecule has 0 spiro atoms. The molecule has 0 saturated heterocycles. The van der Waals surface area contributed by atoms with E-state index in [0.717, 1.165) is 23.2 Å². The number of furan rings is 1. The van der Waals surface area contributed by atoms with Crippen molar-refractivity contribution in [2.45, 2.75) is 12.5 Å². The first-order valence-electron chi connectivity index (χ1n) is 4.89. The van der Waals surface area contributed by atoms with Crippen LogP contribution in [0.3, 0.4) is 0 Å². The molecule has 0 aromatic carbocycles. The maximum absolute atomic E-state index is 5.53. The molecule has 0 bridgehead atoms. The van der Waals surface area contributed by atoms with Gasteiger partial charge >= 0.3 is 0 Å². The summed E-state index contributed by atoms with van der Waals surface area (Å²) in [6, 6.07) is 4.34. The molecule has 4 heteroatoms. The summed E-state index contributed by atoms with van der Waals surface area (Å²) >= 11 is 5.35. The second kappa shape index (κ2) is 3.77. The molecule has 1 atom stereocenters. The molecular weight excluding hydrogens is 274 g/mol. The number of hydrogen-bond donors (Lipinski definition) is 1. The predicted molar refractivity (Wildman–Crippen MR) is 64.3 cm³/mol. The van der Waals surface area contributed by atoms with Gasteiger partial charge in [0.25, 0.3) is 0 Å². The van der Waals surface area contributed by atoms with E-state index in [-0.39, 0.29) is 6.04 Å². The zero-order valence-electron chi connectivity index (χ0n) is 8.00. The van der Waals surface area contributed by atoms with E-state index in [0.29, 0.717) is 0 Å². The fraction of sp³-hybridized carbons (Fsp3) is 0.273. The largest absolute Gasteiger partial charge is 0.466 e. The second-order valence-corrected chi connectivity index (χ2v) is 5.42. The molecule has 1 aliphatic rings. The number of nitrogens with one attached hydrogen (secondary N) is 1. The highest BCUT2D eigenvalue weighted by molar-refractivity contribution is 9.10. The van der Waals surface area contributed by atoms with Crippen LogP contribution in [0.5, 0.6) is 0 Å². The van der Waals surface area contributed by atoms with Crippen molar-refractivity contribution < 1.29 is 4.42 Å². The third-order valence-electron chi connectivity index (χ3n) is 2.70. The Morgan fingerprint density at radius 2 is 2.40 bits per heavy atom. The van der Waals surface area contributed by atoms with Gasteiger partial charge in [-0.2, -0.15) is 0 Å². The van der Waals surface area contributed by atoms with E-state index in [4.69, 9.17) is 4.42 Å². The lowest BCUT2D eigenvalue weighted by atomic mass is 10.0. The van der Waals surface area contributed by atoms with Crippen LogP contribution in [0.2, 0.25) is 0 Å². The van der Waals surface area contributed by atoms with Crippen LogP contribution < -0.4 is 5.32 Å². The molecule has 0 aliphatic carbocycles. The van der Waals surface area contributed by atoms with Gasteiger partial charge in [-0.3, -0.25) is 0 Å². The fourth-order valence-corrected chi connectivity index (χ4v) is 3.35. The zero-order valence-corrected chi connectivity index (χ0v) is 10.4. The van der Waals surface area contributed by atoms with Crippen molar-refractivity contribution in [2.75, 3.05) is 6.54 Å². The summed E-state index contributed by atoms with van der Waals surface area (Å²) in [5.74, 6) is 0.981. The lowest BCUT2D eigenvalue weighted by Crippen LogP contribution is -2.29. The molecule has 2 aromatic rings. The van der Waals surface area contributed by atoms with Gasteiger partial charge in [-0.1, -0.05) is 0 Å². The van der Waals surface area contributed by atoms with Crippen LogP contribution in [0, 0.1) is 0 Å². The SMILES string of the molecule is Brc1ccoc1C1NCCc2sccc21. The molecule has 1 aliphatic heterocycles. The summed E-state index contributed by atoms with van der Waals surface area (Å²) < 4.78 is 6.57. The van der Waals surface area contributed by atoms with Crippen LogP contribution in [-0.2, 0) is 6.42 Å². The van der Waals surface area contributed by atoms with Gasteiger partial charge in [0.05, 0.1) is 16.8 Å². The Balaban J connectivity index is 2.07. The highest BCUT2D eigenvalue weighted by Crippen LogP contribution is 2.35. The summed E-state index contributed by atoms with van der Waals surface area (Å²) in [6.45, 7) is 1.02. The molecule has 2 nitrogen and oxygen atoms in total. The van der Waals surface area contributed by atoms with E-state index >= 15 is 0 Å². The molecule has 3 heterocycles. The van der Waals surface area contributed by atoms with Crippen LogP contribution in [-0.4, -0.2) is 6.54 Å². The van der Waals surface area contributed by atoms with Crippen molar-refractivity contribution in [1.82, 2.24) is 5.32 Å². The number of hydrogen-bond acceptors (Lipinski definition) is 3. The van der Waals surface area contributed by atoms with Gasteiger partial charge < -0.3 is 9.73 Å². The fourth-order valence-electron chi connectivity index (χ4n) is 2.00. The molecule has 1 N–H and O–H groups in total. The van der Waals surface area contributed by atoms with Crippen molar-refractivity contribution in [2.24, 2.45) is 0 Å². The van der Waals surface area contributed by atoms with Gasteiger partial charge in [0.2, 0.25) is 0 Å². The van der Waals surface area contributed by atoms with E-state index in [1.54, 1.807) is 6.26 Å². The van der Waals surface area contributed by atoms with Crippen molar-refractivity contribution in [3.63, 3.8) is 0 Å². The first-order chi connectivity index (χ1) is 7.36. The van der Waals surface area contributed by atoms with Gasteiger partial charge in [-0.05, 0) is 45.4 Å². The van der Waals surface area contributed by atoms with Gasteiger partial charge in [0.1, 0.15) is 5.76 Å². The summed E-state index contributed by atoms with van der Waals surface area (Å²) in [6.07, 6.45) is 2.85. The van der Waals surface area contributed by atoms with E-state index < -0.39 is 0 Å². The van der Waals surface area contributed by atoms with Crippen molar-refractivity contribution in [3.05, 3.63) is 44.4 Å². The van der Waals surface area contributed by atoms with E-state index in [9.17, 15) is 0 Å². The number of halogens is 1. The van der Waals surface area contributed by atoms with Crippen LogP contribution in [0.15, 0.2) is 32.7 Å². The molecular formula is C11H10BrNOS. The Bertz CT molecular complexity index is 476. The van der Waals surface area contributed by atoms with Gasteiger partial charge in [0.15, 0.2) is 0 Å². The number of rotatable bonds is 1. The highest BCUT2D eigenvalue weighted by Gasteiger charge is 2.25. The smallest absolute Gasteiger partial charge is 0.139 e. The third-order valence-corrected chi connectivity index (χ3v) is 4.35. The average molecular weight is 284 g/mol. The minimum absolute atomic E-state index is 0.212. The number of fused-ring (bicyclic) bond motifs is 1. The first-order valence-corrected chi connectivity index (χ1v) is 6.56. The van der Waals surface area contributed by atoms with E-state index in [2.05, 4.69) is 32.7 Å². The quantitative estimate of drug-likeness (QED) is 0.869. The molecule has 78 valence electrons. The lowest BCUT2D eigenvalue weighted by molar-refractivity contribution is 0.435. The lowest BCUT2D eigenvalue weighted by Gasteiger charge is -2.22. The molecule has 0 radical (unpaired) electrons. The summed E-state index contributed by atoms with van der Waals surface area (Å²) in [7, 11) is 0. The van der Waals surface area contributed by atoms with Gasteiger partial charge in [-0.25, -0.2) is 0 Å². The minimum Gasteiger partial charge on any atom is -0.466 e. The molecule has 15 heavy (non-hydrogen) atoms. The maximum atomic E-state index is 5.53. The Kier molecular flexibility index (Phi) is 2.42. The molecule has 2 aromatic heterocycles. The third kappa shape index (κ3) is 1.57. The van der Waals surface area contributed by atoms with Gasteiger partial charge in [-0.15, -0.1) is 11.3 Å². The molecule has 0 amide bonds. The Labute approximate surface area is 100 Å². The minimum atomic E-state index is 0.212. The monoisotopic (exact) mass is 283 g/mol. The maximum Gasteiger partial charge on any atom is 0.139 e. The highest BCUT2D eigenvalue weighted by atomic mass is 79.9. The Morgan fingerprint density at radius 3 is 3.20 bits per heavy atom. The second-order valence-electron chi connectivity index (χ2n) is 3.57. The van der Waals surface area contributed by atoms with E-state index in [1.807, 2.05) is 17.4 Å². The normalized spacial score (nSPS) is 20.2. The molecule has 0 fully saturated rings. The van der Waals surface area contributed by atoms with Crippen LogP contribution in [0.25, 0.3) is 0 Å². The molecule has 1 unspecified atom stereocenters. The molecule has 3 rings (SSSR count).